The number of carbonyl (C=O) groups excluding carboxylic acids is 2. The fraction of sp³-hybridized carbons (Fsp3) is 0.500. The van der Waals surface area contributed by atoms with Crippen LogP contribution in [0.3, 0.4) is 0 Å². The Hall–Kier alpha value is -2.26. The monoisotopic (exact) mass is 396 g/mol. The third-order valence-electron chi connectivity index (χ3n) is 3.27. The fourth-order valence-corrected chi connectivity index (χ4v) is 1.88. The predicted octanol–water partition coefficient (Wildman–Crippen LogP) is 1.67. The van der Waals surface area contributed by atoms with Gasteiger partial charge in [-0.25, -0.2) is 4.79 Å². The Balaban J connectivity index is 1.77. The number of ether oxygens (including phenoxy) is 6. The number of hydrogen-bond acceptors (Lipinski definition) is 8. The van der Waals surface area contributed by atoms with Gasteiger partial charge < -0.3 is 28.4 Å². The van der Waals surface area contributed by atoms with Gasteiger partial charge in [-0.15, -0.1) is 0 Å². The molecule has 0 atom stereocenters. The molecule has 0 aliphatic rings. The lowest BCUT2D eigenvalue weighted by Crippen LogP contribution is -2.14. The highest BCUT2D eigenvalue weighted by Crippen LogP contribution is 2.10. The van der Waals surface area contributed by atoms with E-state index in [4.69, 9.17) is 28.4 Å². The minimum atomic E-state index is -0.459. The Morgan fingerprint density at radius 1 is 0.750 bits per heavy atom. The molecule has 0 spiro atoms. The van der Waals surface area contributed by atoms with Crippen molar-refractivity contribution in [1.29, 1.82) is 0 Å². The molecule has 156 valence electrons. The van der Waals surface area contributed by atoms with Crippen molar-refractivity contribution in [3.63, 3.8) is 0 Å². The lowest BCUT2D eigenvalue weighted by Gasteiger charge is -2.08. The molecule has 28 heavy (non-hydrogen) atoms. The summed E-state index contributed by atoms with van der Waals surface area (Å²) in [6, 6.07) is 6.89. The molecular weight excluding hydrogens is 368 g/mol. The topological polar surface area (TPSA) is 89.5 Å². The number of aldehydes is 1. The van der Waals surface area contributed by atoms with Crippen LogP contribution >= 0.6 is 0 Å². The molecule has 0 amide bonds. The summed E-state index contributed by atoms with van der Waals surface area (Å²) in [6.45, 7) is 7.45. The van der Waals surface area contributed by atoms with Crippen LogP contribution in [0.4, 0.5) is 0 Å². The van der Waals surface area contributed by atoms with E-state index in [-0.39, 0.29) is 6.61 Å². The summed E-state index contributed by atoms with van der Waals surface area (Å²) < 4.78 is 31.6. The van der Waals surface area contributed by atoms with E-state index in [1.165, 1.54) is 0 Å². The van der Waals surface area contributed by atoms with Crippen LogP contribution in [0.25, 0.3) is 0 Å². The van der Waals surface area contributed by atoms with Crippen LogP contribution in [0.1, 0.15) is 10.4 Å². The van der Waals surface area contributed by atoms with E-state index in [1.807, 2.05) is 0 Å². The van der Waals surface area contributed by atoms with Crippen molar-refractivity contribution in [3.8, 4) is 5.75 Å². The zero-order valence-electron chi connectivity index (χ0n) is 16.0. The summed E-state index contributed by atoms with van der Waals surface area (Å²) in [5.74, 6) is 0.239. The predicted molar refractivity (Wildman–Crippen MR) is 102 cm³/mol. The van der Waals surface area contributed by atoms with Crippen LogP contribution in [0.5, 0.6) is 5.75 Å². The van der Waals surface area contributed by atoms with E-state index in [1.54, 1.807) is 24.3 Å². The average Bonchev–Trinajstić information content (AvgIpc) is 2.73. The summed E-state index contributed by atoms with van der Waals surface area (Å²) in [6.07, 6.45) is 1.90. The summed E-state index contributed by atoms with van der Waals surface area (Å²) in [4.78, 5) is 21.3. The first-order chi connectivity index (χ1) is 13.8. The van der Waals surface area contributed by atoms with Gasteiger partial charge in [0, 0.05) is 11.6 Å². The highest BCUT2D eigenvalue weighted by molar-refractivity contribution is 5.81. The van der Waals surface area contributed by atoms with Gasteiger partial charge in [0.1, 0.15) is 25.2 Å². The van der Waals surface area contributed by atoms with Gasteiger partial charge in [0.25, 0.3) is 0 Å². The minimum Gasteiger partial charge on any atom is -0.491 e. The summed E-state index contributed by atoms with van der Waals surface area (Å²) >= 11 is 0. The number of carbonyl (C=O) groups is 2. The summed E-state index contributed by atoms with van der Waals surface area (Å²) in [5, 5.41) is 0. The minimum absolute atomic E-state index is 0.200. The first kappa shape index (κ1) is 23.8. The second kappa shape index (κ2) is 16.9. The molecule has 1 aromatic rings. The van der Waals surface area contributed by atoms with Gasteiger partial charge in [0.2, 0.25) is 0 Å². The molecule has 0 saturated carbocycles. The normalized spacial score (nSPS) is 10.4. The van der Waals surface area contributed by atoms with Gasteiger partial charge in [-0.3, -0.25) is 4.79 Å². The molecule has 0 saturated heterocycles. The van der Waals surface area contributed by atoms with Gasteiger partial charge in [0.15, 0.2) is 0 Å². The lowest BCUT2D eigenvalue weighted by atomic mass is 10.2. The van der Waals surface area contributed by atoms with E-state index in [9.17, 15) is 9.59 Å². The molecule has 0 aliphatic heterocycles. The van der Waals surface area contributed by atoms with Crippen LogP contribution in [0.2, 0.25) is 0 Å². The van der Waals surface area contributed by atoms with Crippen molar-refractivity contribution >= 4 is 12.3 Å². The summed E-state index contributed by atoms with van der Waals surface area (Å²) in [7, 11) is 0. The van der Waals surface area contributed by atoms with Gasteiger partial charge in [-0.1, -0.05) is 6.58 Å². The highest BCUT2D eigenvalue weighted by Gasteiger charge is 1.97. The third-order valence-corrected chi connectivity index (χ3v) is 3.27. The standard InChI is InChI=1S/C20H28O8/c1-2-20(22)28-16-14-26-12-10-24-8-7-23-9-11-25-13-15-27-19-5-3-18(17-21)4-6-19/h2-6,17H,1,7-16H2. The second-order valence-corrected chi connectivity index (χ2v) is 5.36. The SMILES string of the molecule is C=CC(=O)OCCOCCOCCOCCOCCOc1ccc(C=O)cc1. The number of hydrogen-bond donors (Lipinski definition) is 0. The second-order valence-electron chi connectivity index (χ2n) is 5.36. The zero-order chi connectivity index (χ0) is 20.3. The van der Waals surface area contributed by atoms with E-state index < -0.39 is 5.97 Å². The third kappa shape index (κ3) is 13.0. The number of benzene rings is 1. The molecular formula is C20H28O8. The van der Waals surface area contributed by atoms with Crippen molar-refractivity contribution in [1.82, 2.24) is 0 Å². The van der Waals surface area contributed by atoms with Crippen LogP contribution in [0.15, 0.2) is 36.9 Å². The molecule has 0 heterocycles. The number of esters is 1. The van der Waals surface area contributed by atoms with E-state index in [0.29, 0.717) is 70.8 Å². The molecule has 0 bridgehead atoms. The smallest absolute Gasteiger partial charge is 0.330 e. The zero-order valence-corrected chi connectivity index (χ0v) is 16.0. The van der Waals surface area contributed by atoms with Crippen molar-refractivity contribution in [2.24, 2.45) is 0 Å². The van der Waals surface area contributed by atoms with E-state index >= 15 is 0 Å². The molecule has 0 aliphatic carbocycles. The first-order valence-electron chi connectivity index (χ1n) is 9.04. The van der Waals surface area contributed by atoms with E-state index in [2.05, 4.69) is 6.58 Å². The van der Waals surface area contributed by atoms with Gasteiger partial charge in [-0.05, 0) is 24.3 Å². The average molecular weight is 396 g/mol. The molecule has 0 aromatic heterocycles. The van der Waals surface area contributed by atoms with Crippen molar-refractivity contribution in [2.45, 2.75) is 0 Å². The lowest BCUT2D eigenvalue weighted by molar-refractivity contribution is -0.139. The van der Waals surface area contributed by atoms with Crippen LogP contribution < -0.4 is 4.74 Å². The Morgan fingerprint density at radius 3 is 1.68 bits per heavy atom. The molecule has 0 fully saturated rings. The van der Waals surface area contributed by atoms with Gasteiger partial charge in [0.05, 0.1) is 52.9 Å². The van der Waals surface area contributed by atoms with Crippen LogP contribution in [-0.2, 0) is 28.5 Å². The maximum Gasteiger partial charge on any atom is 0.330 e. The molecule has 8 nitrogen and oxygen atoms in total. The Bertz CT molecular complexity index is 544. The summed E-state index contributed by atoms with van der Waals surface area (Å²) in [5.41, 5.74) is 0.615. The van der Waals surface area contributed by atoms with Crippen molar-refractivity contribution < 1.29 is 38.0 Å². The molecule has 8 heteroatoms. The molecule has 1 rings (SSSR count). The van der Waals surface area contributed by atoms with E-state index in [0.717, 1.165) is 12.4 Å². The van der Waals surface area contributed by atoms with Crippen molar-refractivity contribution in [3.05, 3.63) is 42.5 Å². The fourth-order valence-electron chi connectivity index (χ4n) is 1.88. The quantitative estimate of drug-likeness (QED) is 0.160. The van der Waals surface area contributed by atoms with Crippen molar-refractivity contribution in [2.75, 3.05) is 66.1 Å². The van der Waals surface area contributed by atoms with Gasteiger partial charge >= 0.3 is 5.97 Å². The molecule has 0 N–H and O–H groups in total. The molecule has 1 aromatic carbocycles. The highest BCUT2D eigenvalue weighted by atomic mass is 16.6. The maximum atomic E-state index is 10.8. The first-order valence-corrected chi connectivity index (χ1v) is 9.04. The van der Waals surface area contributed by atoms with Crippen LogP contribution in [-0.4, -0.2) is 78.3 Å². The number of rotatable bonds is 18. The van der Waals surface area contributed by atoms with Gasteiger partial charge in [-0.2, -0.15) is 0 Å². The Kier molecular flexibility index (Phi) is 14.3. The Labute approximate surface area is 165 Å². The largest absolute Gasteiger partial charge is 0.491 e. The maximum absolute atomic E-state index is 10.8. The molecule has 0 unspecified atom stereocenters. The Morgan fingerprint density at radius 2 is 1.21 bits per heavy atom. The molecule has 0 radical (unpaired) electrons. The van der Waals surface area contributed by atoms with Crippen LogP contribution in [0, 0.1) is 0 Å².